The Bertz CT molecular complexity index is 555. The molecular weight excluding hydrogens is 270 g/mol. The van der Waals surface area contributed by atoms with E-state index in [1.165, 1.54) is 12.5 Å². The SMILES string of the molecule is O=C(CNCCc1ncon1)Nc1c(F)cccc1F. The van der Waals surface area contributed by atoms with Crippen LogP contribution < -0.4 is 10.6 Å². The molecule has 0 aliphatic rings. The standard InChI is InChI=1S/C12H12F2N4O2/c13-8-2-1-3-9(14)12(8)17-11(19)6-15-5-4-10-16-7-20-18-10/h1-3,7,15H,4-6H2,(H,17,19). The summed E-state index contributed by atoms with van der Waals surface area (Å²) < 4.78 is 31.1. The maximum absolute atomic E-state index is 13.3. The van der Waals surface area contributed by atoms with Gasteiger partial charge in [0, 0.05) is 13.0 Å². The molecule has 6 nitrogen and oxygen atoms in total. The molecule has 0 atom stereocenters. The summed E-state index contributed by atoms with van der Waals surface area (Å²) in [4.78, 5) is 15.3. The summed E-state index contributed by atoms with van der Waals surface area (Å²) in [5.41, 5.74) is -0.447. The highest BCUT2D eigenvalue weighted by atomic mass is 19.1. The molecular formula is C12H12F2N4O2. The molecule has 0 spiro atoms. The van der Waals surface area contributed by atoms with E-state index in [0.717, 1.165) is 12.1 Å². The first-order chi connectivity index (χ1) is 9.66. The maximum atomic E-state index is 13.3. The molecule has 2 N–H and O–H groups in total. The van der Waals surface area contributed by atoms with Gasteiger partial charge >= 0.3 is 0 Å². The number of carbonyl (C=O) groups excluding carboxylic acids is 1. The minimum absolute atomic E-state index is 0.0778. The second kappa shape index (κ2) is 6.71. The fraction of sp³-hybridized carbons (Fsp3) is 0.250. The van der Waals surface area contributed by atoms with Gasteiger partial charge in [-0.1, -0.05) is 11.2 Å². The van der Waals surface area contributed by atoms with Crippen molar-refractivity contribution in [3.63, 3.8) is 0 Å². The topological polar surface area (TPSA) is 80.1 Å². The number of carbonyl (C=O) groups is 1. The molecule has 2 rings (SSSR count). The van der Waals surface area contributed by atoms with E-state index in [1.54, 1.807) is 0 Å². The van der Waals surface area contributed by atoms with E-state index in [4.69, 9.17) is 0 Å². The molecule has 0 aliphatic carbocycles. The molecule has 1 heterocycles. The molecule has 0 aliphatic heterocycles. The van der Waals surface area contributed by atoms with Gasteiger partial charge in [0.2, 0.25) is 12.3 Å². The Morgan fingerprint density at radius 1 is 1.30 bits per heavy atom. The van der Waals surface area contributed by atoms with Gasteiger partial charge in [-0.3, -0.25) is 4.79 Å². The average Bonchev–Trinajstić information content (AvgIpc) is 2.92. The Morgan fingerprint density at radius 3 is 2.70 bits per heavy atom. The number of nitrogens with one attached hydrogen (secondary N) is 2. The summed E-state index contributed by atoms with van der Waals surface area (Å²) >= 11 is 0. The van der Waals surface area contributed by atoms with Gasteiger partial charge in [0.1, 0.15) is 17.3 Å². The fourth-order valence-corrected chi connectivity index (χ4v) is 1.51. The van der Waals surface area contributed by atoms with Crippen LogP contribution in [0.2, 0.25) is 0 Å². The van der Waals surface area contributed by atoms with E-state index in [1.807, 2.05) is 0 Å². The van der Waals surface area contributed by atoms with Crippen molar-refractivity contribution in [2.45, 2.75) is 6.42 Å². The summed E-state index contributed by atoms with van der Waals surface area (Å²) in [6.07, 6.45) is 1.70. The van der Waals surface area contributed by atoms with Crippen molar-refractivity contribution in [2.24, 2.45) is 0 Å². The normalized spacial score (nSPS) is 10.5. The summed E-state index contributed by atoms with van der Waals surface area (Å²) in [6, 6.07) is 3.37. The number of para-hydroxylation sites is 1. The first-order valence-electron chi connectivity index (χ1n) is 5.86. The van der Waals surface area contributed by atoms with Crippen molar-refractivity contribution in [2.75, 3.05) is 18.4 Å². The lowest BCUT2D eigenvalue weighted by atomic mass is 10.3. The van der Waals surface area contributed by atoms with Crippen LogP contribution in [0.5, 0.6) is 0 Å². The van der Waals surface area contributed by atoms with Crippen molar-refractivity contribution < 1.29 is 18.1 Å². The summed E-state index contributed by atoms with van der Waals surface area (Å²) in [6.45, 7) is 0.359. The lowest BCUT2D eigenvalue weighted by Crippen LogP contribution is -2.30. The summed E-state index contributed by atoms with van der Waals surface area (Å²) in [5, 5.41) is 8.57. The molecule has 1 aromatic carbocycles. The van der Waals surface area contributed by atoms with E-state index in [-0.39, 0.29) is 6.54 Å². The van der Waals surface area contributed by atoms with Gasteiger partial charge in [-0.2, -0.15) is 4.98 Å². The molecule has 0 fully saturated rings. The van der Waals surface area contributed by atoms with Gasteiger partial charge in [0.15, 0.2) is 5.82 Å². The molecule has 0 saturated heterocycles. The first kappa shape index (κ1) is 14.1. The number of anilines is 1. The molecule has 0 bridgehead atoms. The molecule has 1 aromatic heterocycles. The number of rotatable bonds is 6. The van der Waals surface area contributed by atoms with Gasteiger partial charge in [-0.15, -0.1) is 0 Å². The zero-order chi connectivity index (χ0) is 14.4. The molecule has 2 aromatic rings. The van der Waals surface area contributed by atoms with Gasteiger partial charge in [0.25, 0.3) is 0 Å². The number of halogens is 2. The lowest BCUT2D eigenvalue weighted by molar-refractivity contribution is -0.115. The van der Waals surface area contributed by atoms with E-state index >= 15 is 0 Å². The third-order valence-electron chi connectivity index (χ3n) is 2.45. The quantitative estimate of drug-likeness (QED) is 0.776. The van der Waals surface area contributed by atoms with Gasteiger partial charge < -0.3 is 15.2 Å². The zero-order valence-corrected chi connectivity index (χ0v) is 10.4. The van der Waals surface area contributed by atoms with Crippen molar-refractivity contribution in [3.05, 3.63) is 42.1 Å². The number of hydrogen-bond donors (Lipinski definition) is 2. The number of hydrogen-bond acceptors (Lipinski definition) is 5. The minimum Gasteiger partial charge on any atom is -0.343 e. The van der Waals surface area contributed by atoms with Crippen LogP contribution in [-0.2, 0) is 11.2 Å². The number of aromatic nitrogens is 2. The Balaban J connectivity index is 1.75. The highest BCUT2D eigenvalue weighted by molar-refractivity contribution is 5.92. The molecule has 8 heteroatoms. The number of nitrogens with zero attached hydrogens (tertiary/aromatic N) is 2. The van der Waals surface area contributed by atoms with Gasteiger partial charge in [0.05, 0.1) is 6.54 Å². The molecule has 0 radical (unpaired) electrons. The third-order valence-corrected chi connectivity index (χ3v) is 2.45. The monoisotopic (exact) mass is 282 g/mol. The summed E-state index contributed by atoms with van der Waals surface area (Å²) in [5.74, 6) is -1.66. The van der Waals surface area contributed by atoms with E-state index < -0.39 is 23.2 Å². The Kier molecular flexibility index (Phi) is 4.72. The second-order valence-electron chi connectivity index (χ2n) is 3.92. The van der Waals surface area contributed by atoms with Crippen LogP contribution in [0, 0.1) is 11.6 Å². The van der Waals surface area contributed by atoms with E-state index in [2.05, 4.69) is 25.3 Å². The molecule has 0 saturated carbocycles. The largest absolute Gasteiger partial charge is 0.343 e. The molecule has 1 amide bonds. The van der Waals surface area contributed by atoms with Crippen molar-refractivity contribution in [3.8, 4) is 0 Å². The van der Waals surface area contributed by atoms with Gasteiger partial charge in [-0.05, 0) is 12.1 Å². The predicted molar refractivity (Wildman–Crippen MR) is 65.9 cm³/mol. The van der Waals surface area contributed by atoms with Crippen LogP contribution in [-0.4, -0.2) is 29.1 Å². The Hall–Kier alpha value is -2.35. The van der Waals surface area contributed by atoms with Crippen LogP contribution in [0.3, 0.4) is 0 Å². The van der Waals surface area contributed by atoms with Crippen molar-refractivity contribution in [1.82, 2.24) is 15.5 Å². The highest BCUT2D eigenvalue weighted by Crippen LogP contribution is 2.17. The zero-order valence-electron chi connectivity index (χ0n) is 10.4. The van der Waals surface area contributed by atoms with Crippen LogP contribution in [0.15, 0.2) is 29.1 Å². The molecule has 20 heavy (non-hydrogen) atoms. The molecule has 106 valence electrons. The minimum atomic E-state index is -0.815. The Morgan fingerprint density at radius 2 is 2.05 bits per heavy atom. The Labute approximate surface area is 113 Å². The van der Waals surface area contributed by atoms with Crippen LogP contribution in [0.4, 0.5) is 14.5 Å². The number of benzene rings is 1. The smallest absolute Gasteiger partial charge is 0.238 e. The third kappa shape index (κ3) is 3.82. The second-order valence-corrected chi connectivity index (χ2v) is 3.92. The highest BCUT2D eigenvalue weighted by Gasteiger charge is 2.11. The van der Waals surface area contributed by atoms with Crippen LogP contribution >= 0.6 is 0 Å². The predicted octanol–water partition coefficient (Wildman–Crippen LogP) is 1.12. The van der Waals surface area contributed by atoms with Crippen molar-refractivity contribution in [1.29, 1.82) is 0 Å². The van der Waals surface area contributed by atoms with Crippen LogP contribution in [0.1, 0.15) is 5.82 Å². The van der Waals surface area contributed by atoms with Crippen molar-refractivity contribution >= 4 is 11.6 Å². The average molecular weight is 282 g/mol. The molecule has 0 unspecified atom stereocenters. The van der Waals surface area contributed by atoms with Gasteiger partial charge in [-0.25, -0.2) is 8.78 Å². The summed E-state index contributed by atoms with van der Waals surface area (Å²) in [7, 11) is 0. The van der Waals surface area contributed by atoms with Crippen LogP contribution in [0.25, 0.3) is 0 Å². The lowest BCUT2D eigenvalue weighted by Gasteiger charge is -2.07. The van der Waals surface area contributed by atoms with E-state index in [9.17, 15) is 13.6 Å². The van der Waals surface area contributed by atoms with E-state index in [0.29, 0.717) is 18.8 Å². The first-order valence-corrected chi connectivity index (χ1v) is 5.86. The fourth-order valence-electron chi connectivity index (χ4n) is 1.51. The maximum Gasteiger partial charge on any atom is 0.238 e. The number of amides is 1.